The van der Waals surface area contributed by atoms with Crippen molar-refractivity contribution in [1.82, 2.24) is 25.1 Å². The van der Waals surface area contributed by atoms with Crippen molar-refractivity contribution in [3.05, 3.63) is 47.9 Å². The van der Waals surface area contributed by atoms with Gasteiger partial charge in [-0.05, 0) is 64.5 Å². The summed E-state index contributed by atoms with van der Waals surface area (Å²) in [6.45, 7) is 5.98. The zero-order chi connectivity index (χ0) is 26.6. The van der Waals surface area contributed by atoms with Crippen LogP contribution in [0.1, 0.15) is 46.5 Å². The number of methoxy groups -OCH3 is 1. The van der Waals surface area contributed by atoms with Gasteiger partial charge in [0.1, 0.15) is 17.6 Å². The Bertz CT molecular complexity index is 1240. The number of carbonyl (C=O) groups excluding carboxylic acids is 1. The van der Waals surface area contributed by atoms with E-state index in [9.17, 15) is 9.18 Å². The Morgan fingerprint density at radius 1 is 1.22 bits per heavy atom. The van der Waals surface area contributed by atoms with Crippen molar-refractivity contribution >= 4 is 17.7 Å². The number of carbonyl (C=O) groups is 1. The quantitative estimate of drug-likeness (QED) is 0.396. The molecule has 1 N–H and O–H groups in total. The minimum atomic E-state index is -0.523. The Kier molecular flexibility index (Phi) is 8.16. The predicted molar refractivity (Wildman–Crippen MR) is 137 cm³/mol. The summed E-state index contributed by atoms with van der Waals surface area (Å²) in [7, 11) is 1.41. The van der Waals surface area contributed by atoms with Crippen LogP contribution in [-0.4, -0.2) is 51.2 Å². The molecule has 0 saturated heterocycles. The molecule has 2 heterocycles. The number of hydrogen-bond acceptors (Lipinski definition) is 7. The lowest BCUT2D eigenvalue weighted by atomic mass is 9.86. The highest BCUT2D eigenvalue weighted by Crippen LogP contribution is 2.35. The van der Waals surface area contributed by atoms with Crippen molar-refractivity contribution in [3.8, 4) is 28.4 Å². The van der Waals surface area contributed by atoms with E-state index in [0.717, 1.165) is 25.7 Å². The molecule has 0 spiro atoms. The van der Waals surface area contributed by atoms with Gasteiger partial charge >= 0.3 is 6.09 Å². The molecule has 1 aliphatic carbocycles. The van der Waals surface area contributed by atoms with E-state index in [2.05, 4.69) is 20.4 Å². The maximum absolute atomic E-state index is 14.2. The first-order chi connectivity index (χ1) is 17.6. The molecule has 2 aromatic heterocycles. The normalized spacial score (nSPS) is 17.8. The first kappa shape index (κ1) is 26.7. The van der Waals surface area contributed by atoms with Crippen molar-refractivity contribution in [1.29, 1.82) is 0 Å². The lowest BCUT2D eigenvalue weighted by Crippen LogP contribution is -2.41. The first-order valence-electron chi connectivity index (χ1n) is 12.1. The third-order valence-corrected chi connectivity index (χ3v) is 6.32. The van der Waals surface area contributed by atoms with Crippen LogP contribution in [0.2, 0.25) is 5.15 Å². The molecular formula is C26H31ClFN5O4. The molecule has 0 unspecified atom stereocenters. The molecule has 1 aromatic carbocycles. The molecular weight excluding hydrogens is 501 g/mol. The summed E-state index contributed by atoms with van der Waals surface area (Å²) < 4.78 is 32.2. The van der Waals surface area contributed by atoms with Crippen LogP contribution in [0.25, 0.3) is 16.9 Å². The smallest absolute Gasteiger partial charge is 0.407 e. The second-order valence-electron chi connectivity index (χ2n) is 10.0. The molecule has 0 radical (unpaired) electrons. The third-order valence-electron chi connectivity index (χ3n) is 6.05. The summed E-state index contributed by atoms with van der Waals surface area (Å²) in [6, 6.07) is 4.67. The molecule has 11 heteroatoms. The Balaban J connectivity index is 1.39. The number of rotatable bonds is 7. The van der Waals surface area contributed by atoms with Crippen molar-refractivity contribution in [2.45, 2.75) is 58.1 Å². The molecule has 0 bridgehead atoms. The zero-order valence-corrected chi connectivity index (χ0v) is 22.1. The van der Waals surface area contributed by atoms with E-state index in [-0.39, 0.29) is 23.0 Å². The van der Waals surface area contributed by atoms with Gasteiger partial charge in [0.15, 0.2) is 22.5 Å². The minimum absolute atomic E-state index is 0.0823. The number of nitrogens with zero attached hydrogens (tertiary/aromatic N) is 4. The number of aromatic nitrogens is 4. The lowest BCUT2D eigenvalue weighted by Gasteiger charge is -2.30. The van der Waals surface area contributed by atoms with Gasteiger partial charge in [-0.3, -0.25) is 0 Å². The average molecular weight is 532 g/mol. The number of amides is 1. The van der Waals surface area contributed by atoms with Crippen LogP contribution < -0.4 is 14.8 Å². The van der Waals surface area contributed by atoms with E-state index in [0.29, 0.717) is 35.2 Å². The molecule has 0 atom stereocenters. The Hall–Kier alpha value is -3.40. The second kappa shape index (κ2) is 11.3. The van der Waals surface area contributed by atoms with Gasteiger partial charge in [-0.15, -0.1) is 0 Å². The fraction of sp³-hybridized carbons (Fsp3) is 0.462. The highest BCUT2D eigenvalue weighted by molar-refractivity contribution is 6.31. The lowest BCUT2D eigenvalue weighted by molar-refractivity contribution is 0.0483. The third kappa shape index (κ3) is 6.88. The topological polar surface area (TPSA) is 100 Å². The Morgan fingerprint density at radius 3 is 2.65 bits per heavy atom. The van der Waals surface area contributed by atoms with E-state index in [1.54, 1.807) is 24.5 Å². The molecule has 1 saturated carbocycles. The summed E-state index contributed by atoms with van der Waals surface area (Å²) >= 11 is 6.38. The SMILES string of the molecule is COc1ccc(-n2cc(-c3ncnc(Cl)c3OC[C@H]3CC[C@@H](NC(=O)OC(C)(C)C)CC3)cn2)cc1F. The summed E-state index contributed by atoms with van der Waals surface area (Å²) in [5, 5.41) is 7.49. The maximum atomic E-state index is 14.2. The van der Waals surface area contributed by atoms with Gasteiger partial charge in [0.05, 0.1) is 25.6 Å². The maximum Gasteiger partial charge on any atom is 0.407 e. The van der Waals surface area contributed by atoms with Crippen LogP contribution in [-0.2, 0) is 4.74 Å². The molecule has 1 amide bonds. The fourth-order valence-electron chi connectivity index (χ4n) is 4.22. The molecule has 0 aliphatic heterocycles. The van der Waals surface area contributed by atoms with Gasteiger partial charge < -0.3 is 19.5 Å². The molecule has 198 valence electrons. The van der Waals surface area contributed by atoms with Crippen LogP contribution in [0, 0.1) is 11.7 Å². The van der Waals surface area contributed by atoms with Crippen LogP contribution in [0.4, 0.5) is 9.18 Å². The largest absolute Gasteiger partial charge is 0.494 e. The van der Waals surface area contributed by atoms with Gasteiger partial charge in [-0.25, -0.2) is 23.8 Å². The number of ether oxygens (including phenoxy) is 3. The number of hydrogen-bond donors (Lipinski definition) is 1. The molecule has 3 aromatic rings. The fourth-order valence-corrected chi connectivity index (χ4v) is 4.41. The molecule has 4 rings (SSSR count). The van der Waals surface area contributed by atoms with E-state index in [1.165, 1.54) is 24.2 Å². The Morgan fingerprint density at radius 2 is 1.97 bits per heavy atom. The molecule has 1 fully saturated rings. The summed E-state index contributed by atoms with van der Waals surface area (Å²) in [6.07, 6.45) is 7.77. The number of benzene rings is 1. The van der Waals surface area contributed by atoms with E-state index < -0.39 is 11.4 Å². The van der Waals surface area contributed by atoms with E-state index in [1.807, 2.05) is 20.8 Å². The van der Waals surface area contributed by atoms with Gasteiger partial charge in [-0.1, -0.05) is 11.6 Å². The van der Waals surface area contributed by atoms with Gasteiger partial charge in [-0.2, -0.15) is 5.10 Å². The van der Waals surface area contributed by atoms with Crippen molar-refractivity contribution < 1.29 is 23.4 Å². The molecule has 37 heavy (non-hydrogen) atoms. The molecule has 1 aliphatic rings. The highest BCUT2D eigenvalue weighted by Gasteiger charge is 2.26. The van der Waals surface area contributed by atoms with Gasteiger partial charge in [0.2, 0.25) is 0 Å². The summed E-state index contributed by atoms with van der Waals surface area (Å²) in [5.74, 6) is 0.343. The summed E-state index contributed by atoms with van der Waals surface area (Å²) in [4.78, 5) is 20.5. The number of halogens is 2. The van der Waals surface area contributed by atoms with Crippen molar-refractivity contribution in [2.75, 3.05) is 13.7 Å². The number of nitrogens with one attached hydrogen (secondary N) is 1. The average Bonchev–Trinajstić information content (AvgIpc) is 3.33. The van der Waals surface area contributed by atoms with Gasteiger partial charge in [0, 0.05) is 23.9 Å². The predicted octanol–water partition coefficient (Wildman–Crippen LogP) is 5.59. The van der Waals surface area contributed by atoms with E-state index in [4.69, 9.17) is 25.8 Å². The first-order valence-corrected chi connectivity index (χ1v) is 12.5. The zero-order valence-electron chi connectivity index (χ0n) is 21.3. The standard InChI is InChI=1S/C26H31ClFN5O4/c1-26(2,3)37-25(34)32-18-7-5-16(6-8-18)14-36-23-22(29-15-30-24(23)27)17-12-31-33(13-17)19-9-10-21(35-4)20(28)11-19/h9-13,15-16,18H,5-8,14H2,1-4H3,(H,32,34)/t16-,18+. The van der Waals surface area contributed by atoms with Crippen LogP contribution in [0.15, 0.2) is 36.9 Å². The number of alkyl carbamates (subject to hydrolysis) is 1. The highest BCUT2D eigenvalue weighted by atomic mass is 35.5. The van der Waals surface area contributed by atoms with Crippen LogP contribution >= 0.6 is 11.6 Å². The van der Waals surface area contributed by atoms with Crippen molar-refractivity contribution in [2.24, 2.45) is 5.92 Å². The molecule has 9 nitrogen and oxygen atoms in total. The summed E-state index contributed by atoms with van der Waals surface area (Å²) in [5.41, 5.74) is 1.16. The van der Waals surface area contributed by atoms with Crippen LogP contribution in [0.5, 0.6) is 11.5 Å². The Labute approximate surface area is 220 Å². The second-order valence-corrected chi connectivity index (χ2v) is 10.4. The van der Waals surface area contributed by atoms with Gasteiger partial charge in [0.25, 0.3) is 0 Å². The van der Waals surface area contributed by atoms with Crippen molar-refractivity contribution in [3.63, 3.8) is 0 Å². The van der Waals surface area contributed by atoms with E-state index >= 15 is 0 Å². The minimum Gasteiger partial charge on any atom is -0.494 e. The van der Waals surface area contributed by atoms with Crippen LogP contribution in [0.3, 0.4) is 0 Å². The monoisotopic (exact) mass is 531 g/mol.